The number of nitrogens with zero attached hydrogens (tertiary/aromatic N) is 2. The van der Waals surface area contributed by atoms with E-state index >= 15 is 0 Å². The van der Waals surface area contributed by atoms with Crippen LogP contribution < -0.4 is 4.90 Å². The normalized spacial score (nSPS) is 10.5. The number of imidazole rings is 1. The molecule has 2 amide bonds. The Kier molecular flexibility index (Phi) is 3.12. The van der Waals surface area contributed by atoms with Gasteiger partial charge in [-0.05, 0) is 24.3 Å². The van der Waals surface area contributed by atoms with Crippen LogP contribution >= 0.6 is 0 Å². The molecule has 0 radical (unpaired) electrons. The minimum Gasteiger partial charge on any atom is -0.464 e. The number of carbonyl (C=O) groups is 2. The van der Waals surface area contributed by atoms with Crippen molar-refractivity contribution >= 4 is 29.0 Å². The number of nitrogens with one attached hydrogen (secondary N) is 1. The number of benzene rings is 2. The number of hydrogen-bond acceptors (Lipinski definition) is 3. The number of anilines is 1. The molecule has 0 fully saturated rings. The lowest BCUT2D eigenvalue weighted by atomic mass is 10.2. The molecule has 6 nitrogen and oxygen atoms in total. The Morgan fingerprint density at radius 1 is 1.00 bits per heavy atom. The van der Waals surface area contributed by atoms with E-state index in [1.165, 1.54) is 0 Å². The van der Waals surface area contributed by atoms with Crippen molar-refractivity contribution in [2.45, 2.75) is 0 Å². The lowest BCUT2D eigenvalue weighted by Gasteiger charge is -2.13. The van der Waals surface area contributed by atoms with E-state index in [1.807, 2.05) is 0 Å². The Hall–Kier alpha value is -3.15. The van der Waals surface area contributed by atoms with Crippen molar-refractivity contribution < 1.29 is 14.7 Å². The quantitative estimate of drug-likeness (QED) is 0.756. The lowest BCUT2D eigenvalue weighted by molar-refractivity contribution is 0.0982. The molecule has 0 spiro atoms. The Balaban J connectivity index is 2.06. The summed E-state index contributed by atoms with van der Waals surface area (Å²) in [6.45, 7) is 0. The molecule has 0 saturated heterocycles. The number of aromatic nitrogens is 2. The highest BCUT2D eigenvalue weighted by Crippen LogP contribution is 2.19. The largest absolute Gasteiger partial charge is 0.464 e. The molecule has 0 aliphatic heterocycles. The van der Waals surface area contributed by atoms with Gasteiger partial charge in [-0.15, -0.1) is 0 Å². The zero-order valence-electron chi connectivity index (χ0n) is 10.9. The molecule has 3 aromatic rings. The SMILES string of the molecule is O=C(O)N(C(=O)c1ccccc1)c1nc2ccccc2[nH]1. The molecule has 0 aliphatic rings. The predicted octanol–water partition coefficient (Wildman–Crippen LogP) is 2.89. The molecule has 2 N–H and O–H groups in total. The molecule has 0 atom stereocenters. The van der Waals surface area contributed by atoms with Crippen LogP contribution in [0, 0.1) is 0 Å². The molecular formula is C15H11N3O3. The summed E-state index contributed by atoms with van der Waals surface area (Å²) in [5.74, 6) is -0.667. The van der Waals surface area contributed by atoms with Gasteiger partial charge in [-0.3, -0.25) is 4.79 Å². The fourth-order valence-corrected chi connectivity index (χ4v) is 2.03. The first kappa shape index (κ1) is 12.9. The third-order valence-corrected chi connectivity index (χ3v) is 3.00. The molecule has 3 rings (SSSR count). The van der Waals surface area contributed by atoms with Gasteiger partial charge >= 0.3 is 6.09 Å². The minimum absolute atomic E-state index is 0.0162. The lowest BCUT2D eigenvalue weighted by Crippen LogP contribution is -2.36. The van der Waals surface area contributed by atoms with E-state index in [0.717, 1.165) is 0 Å². The molecule has 6 heteroatoms. The molecule has 1 aromatic heterocycles. The van der Waals surface area contributed by atoms with Crippen molar-refractivity contribution in [2.75, 3.05) is 4.90 Å². The summed E-state index contributed by atoms with van der Waals surface area (Å²) in [7, 11) is 0. The third kappa shape index (κ3) is 2.34. The van der Waals surface area contributed by atoms with Crippen LogP contribution in [0.5, 0.6) is 0 Å². The average molecular weight is 281 g/mol. The van der Waals surface area contributed by atoms with E-state index < -0.39 is 12.0 Å². The molecule has 0 saturated carbocycles. The van der Waals surface area contributed by atoms with Gasteiger partial charge in [0, 0.05) is 5.56 Å². The Morgan fingerprint density at radius 2 is 1.67 bits per heavy atom. The van der Waals surface area contributed by atoms with Gasteiger partial charge in [0.05, 0.1) is 11.0 Å². The summed E-state index contributed by atoms with van der Waals surface area (Å²) in [6, 6.07) is 15.3. The molecule has 0 bridgehead atoms. The highest BCUT2D eigenvalue weighted by atomic mass is 16.4. The van der Waals surface area contributed by atoms with E-state index in [4.69, 9.17) is 0 Å². The van der Waals surface area contributed by atoms with Gasteiger partial charge in [-0.2, -0.15) is 4.90 Å². The van der Waals surface area contributed by atoms with Crippen molar-refractivity contribution in [3.05, 3.63) is 60.2 Å². The maximum Gasteiger partial charge on any atom is 0.421 e. The molecule has 1 heterocycles. The van der Waals surface area contributed by atoms with Gasteiger partial charge in [0.15, 0.2) is 0 Å². The Morgan fingerprint density at radius 3 is 2.33 bits per heavy atom. The van der Waals surface area contributed by atoms with E-state index in [1.54, 1.807) is 54.6 Å². The monoisotopic (exact) mass is 281 g/mol. The standard InChI is InChI=1S/C15H11N3O3/c19-13(10-6-2-1-3-7-10)18(15(20)21)14-16-11-8-4-5-9-12(11)17-14/h1-9H,(H,16,17)(H,20,21). The smallest absolute Gasteiger partial charge is 0.421 e. The van der Waals surface area contributed by atoms with Crippen LogP contribution in [0.2, 0.25) is 0 Å². The Bertz CT molecular complexity index is 778. The first-order chi connectivity index (χ1) is 10.2. The van der Waals surface area contributed by atoms with Gasteiger partial charge in [-0.25, -0.2) is 9.78 Å². The zero-order valence-corrected chi connectivity index (χ0v) is 10.9. The summed E-state index contributed by atoms with van der Waals surface area (Å²) in [5, 5.41) is 9.33. The van der Waals surface area contributed by atoms with Gasteiger partial charge in [0.25, 0.3) is 5.91 Å². The summed E-state index contributed by atoms with van der Waals surface area (Å²) in [5.41, 5.74) is 1.54. The number of hydrogen-bond donors (Lipinski definition) is 2. The number of amides is 2. The van der Waals surface area contributed by atoms with E-state index in [0.29, 0.717) is 15.9 Å². The molecule has 0 aliphatic carbocycles. The second-order valence-electron chi connectivity index (χ2n) is 4.37. The molecular weight excluding hydrogens is 270 g/mol. The highest BCUT2D eigenvalue weighted by molar-refractivity contribution is 6.18. The number of rotatable bonds is 2. The van der Waals surface area contributed by atoms with Crippen molar-refractivity contribution in [3.8, 4) is 0 Å². The van der Waals surface area contributed by atoms with Crippen LogP contribution in [0.3, 0.4) is 0 Å². The van der Waals surface area contributed by atoms with E-state index in [-0.39, 0.29) is 11.5 Å². The van der Waals surface area contributed by atoms with Gasteiger partial charge < -0.3 is 10.1 Å². The van der Waals surface area contributed by atoms with Gasteiger partial charge in [-0.1, -0.05) is 30.3 Å². The topological polar surface area (TPSA) is 86.3 Å². The summed E-state index contributed by atoms with van der Waals surface area (Å²) in [6.07, 6.45) is -1.39. The minimum atomic E-state index is -1.39. The summed E-state index contributed by atoms with van der Waals surface area (Å²) in [4.78, 5) is 31.4. The van der Waals surface area contributed by atoms with Crippen LogP contribution in [0.1, 0.15) is 10.4 Å². The van der Waals surface area contributed by atoms with Crippen LogP contribution in [-0.4, -0.2) is 27.1 Å². The number of para-hydroxylation sites is 2. The fourth-order valence-electron chi connectivity index (χ4n) is 2.03. The number of aromatic amines is 1. The van der Waals surface area contributed by atoms with Crippen molar-refractivity contribution in [1.29, 1.82) is 0 Å². The molecule has 0 unspecified atom stereocenters. The summed E-state index contributed by atoms with van der Waals surface area (Å²) >= 11 is 0. The maximum absolute atomic E-state index is 12.3. The maximum atomic E-state index is 12.3. The predicted molar refractivity (Wildman–Crippen MR) is 77.4 cm³/mol. The number of carbonyl (C=O) groups excluding carboxylic acids is 1. The van der Waals surface area contributed by atoms with Crippen LogP contribution in [-0.2, 0) is 0 Å². The number of carboxylic acid groups (broad SMARTS) is 1. The van der Waals surface area contributed by atoms with E-state index in [2.05, 4.69) is 9.97 Å². The van der Waals surface area contributed by atoms with Crippen LogP contribution in [0.4, 0.5) is 10.7 Å². The average Bonchev–Trinajstić information content (AvgIpc) is 2.91. The second kappa shape index (κ2) is 5.09. The van der Waals surface area contributed by atoms with Gasteiger partial charge in [0.2, 0.25) is 5.95 Å². The number of H-pyrrole nitrogens is 1. The molecule has 21 heavy (non-hydrogen) atoms. The fraction of sp³-hybridized carbons (Fsp3) is 0. The summed E-state index contributed by atoms with van der Waals surface area (Å²) < 4.78 is 0. The first-order valence-electron chi connectivity index (χ1n) is 6.24. The van der Waals surface area contributed by atoms with Crippen molar-refractivity contribution in [1.82, 2.24) is 9.97 Å². The van der Waals surface area contributed by atoms with Crippen molar-refractivity contribution in [2.24, 2.45) is 0 Å². The molecule has 2 aromatic carbocycles. The van der Waals surface area contributed by atoms with Gasteiger partial charge in [0.1, 0.15) is 0 Å². The van der Waals surface area contributed by atoms with Crippen LogP contribution in [0.15, 0.2) is 54.6 Å². The molecule has 104 valence electrons. The number of fused-ring (bicyclic) bond motifs is 1. The second-order valence-corrected chi connectivity index (χ2v) is 4.37. The third-order valence-electron chi connectivity index (χ3n) is 3.00. The number of imide groups is 1. The first-order valence-corrected chi connectivity index (χ1v) is 6.24. The highest BCUT2D eigenvalue weighted by Gasteiger charge is 2.27. The van der Waals surface area contributed by atoms with Crippen LogP contribution in [0.25, 0.3) is 11.0 Å². The van der Waals surface area contributed by atoms with Crippen molar-refractivity contribution in [3.63, 3.8) is 0 Å². The van der Waals surface area contributed by atoms with E-state index in [9.17, 15) is 14.7 Å². The zero-order chi connectivity index (χ0) is 14.8. The Labute approximate surface area is 119 Å².